The van der Waals surface area contributed by atoms with Crippen LogP contribution in [0.3, 0.4) is 0 Å². The number of rotatable bonds is 5. The lowest BCUT2D eigenvalue weighted by Gasteiger charge is -2.15. The van der Waals surface area contributed by atoms with Crippen molar-refractivity contribution >= 4 is 48.0 Å². The average Bonchev–Trinajstić information content (AvgIpc) is 3.00. The predicted molar refractivity (Wildman–Crippen MR) is 112 cm³/mol. The number of nitrogens with one attached hydrogen (secondary N) is 2. The fraction of sp³-hybridized carbons (Fsp3) is 0.316. The number of nitrogens with two attached hydrogens (primary N) is 1. The lowest BCUT2D eigenvalue weighted by atomic mass is 10.00. The summed E-state index contributed by atoms with van der Waals surface area (Å²) in [6, 6.07) is 10.5. The van der Waals surface area contributed by atoms with Crippen LogP contribution in [0, 0.1) is 5.92 Å². The zero-order chi connectivity index (χ0) is 17.6. The maximum atomic E-state index is 12.2. The summed E-state index contributed by atoms with van der Waals surface area (Å²) >= 11 is 0. The molecule has 1 aromatic heterocycles. The molecule has 1 heterocycles. The van der Waals surface area contributed by atoms with E-state index in [1.807, 2.05) is 0 Å². The molecule has 1 saturated carbocycles. The first-order chi connectivity index (χ1) is 12.1. The van der Waals surface area contributed by atoms with Gasteiger partial charge in [-0.3, -0.25) is 14.6 Å². The molecule has 0 spiro atoms. The van der Waals surface area contributed by atoms with Gasteiger partial charge in [-0.15, -0.1) is 24.8 Å². The highest BCUT2D eigenvalue weighted by Gasteiger charge is 2.26. The molecule has 0 unspecified atom stereocenters. The van der Waals surface area contributed by atoms with E-state index in [0.29, 0.717) is 23.4 Å². The van der Waals surface area contributed by atoms with Crippen molar-refractivity contribution in [3.63, 3.8) is 0 Å². The predicted octanol–water partition coefficient (Wildman–Crippen LogP) is 3.63. The van der Waals surface area contributed by atoms with E-state index in [4.69, 9.17) is 5.73 Å². The molecule has 0 aliphatic heterocycles. The number of anilines is 2. The fourth-order valence-electron chi connectivity index (χ4n) is 3.15. The van der Waals surface area contributed by atoms with Gasteiger partial charge in [0, 0.05) is 41.8 Å². The maximum absolute atomic E-state index is 12.2. The minimum Gasteiger partial charge on any atom is -0.327 e. The van der Waals surface area contributed by atoms with Crippen LogP contribution in [0.25, 0.3) is 0 Å². The van der Waals surface area contributed by atoms with E-state index >= 15 is 0 Å². The van der Waals surface area contributed by atoms with E-state index in [1.165, 1.54) is 0 Å². The summed E-state index contributed by atoms with van der Waals surface area (Å²) in [6.07, 6.45) is 6.67. The smallest absolute Gasteiger partial charge is 0.255 e. The van der Waals surface area contributed by atoms with E-state index in [9.17, 15) is 9.59 Å². The molecule has 0 radical (unpaired) electrons. The third-order valence-corrected chi connectivity index (χ3v) is 4.51. The van der Waals surface area contributed by atoms with Crippen molar-refractivity contribution < 1.29 is 9.59 Å². The van der Waals surface area contributed by atoms with Gasteiger partial charge in [0.25, 0.3) is 5.91 Å². The van der Waals surface area contributed by atoms with E-state index in [-0.39, 0.29) is 48.6 Å². The molecule has 1 aromatic carbocycles. The van der Waals surface area contributed by atoms with Gasteiger partial charge in [0.2, 0.25) is 5.91 Å². The summed E-state index contributed by atoms with van der Waals surface area (Å²) in [5.41, 5.74) is 7.83. The van der Waals surface area contributed by atoms with Crippen LogP contribution in [0.2, 0.25) is 0 Å². The maximum Gasteiger partial charge on any atom is 0.255 e. The largest absolute Gasteiger partial charge is 0.327 e. The molecule has 1 aliphatic carbocycles. The molecule has 6 nitrogen and oxygen atoms in total. The van der Waals surface area contributed by atoms with Crippen LogP contribution in [0.1, 0.15) is 36.0 Å². The highest BCUT2D eigenvalue weighted by Crippen LogP contribution is 2.27. The molecule has 146 valence electrons. The van der Waals surface area contributed by atoms with Crippen molar-refractivity contribution in [3.8, 4) is 0 Å². The molecule has 8 heteroatoms. The van der Waals surface area contributed by atoms with Crippen molar-refractivity contribution in [2.45, 2.75) is 31.7 Å². The molecule has 2 amide bonds. The van der Waals surface area contributed by atoms with Crippen molar-refractivity contribution in [2.24, 2.45) is 11.7 Å². The highest BCUT2D eigenvalue weighted by molar-refractivity contribution is 6.04. The van der Waals surface area contributed by atoms with Crippen molar-refractivity contribution in [1.82, 2.24) is 4.98 Å². The number of pyridine rings is 1. The summed E-state index contributed by atoms with van der Waals surface area (Å²) in [5.74, 6) is -0.00246. The molecular weight excluding hydrogens is 387 g/mol. The number of hydrogen-bond acceptors (Lipinski definition) is 4. The van der Waals surface area contributed by atoms with Crippen molar-refractivity contribution in [3.05, 3.63) is 54.4 Å². The Labute approximate surface area is 171 Å². The van der Waals surface area contributed by atoms with Crippen LogP contribution < -0.4 is 16.4 Å². The number of aromatic nitrogens is 1. The standard InChI is InChI=1S/C19H22N4O2.2ClH/c20-17-6-1-3-14(17)11-18(24)22-15-4-2-5-16(12-15)23-19(25)13-7-9-21-10-8-13;;/h2,4-5,7-10,12,14,17H,1,3,6,11,20H2,(H,22,24)(H,23,25);2*1H/t14-,17+;;/m0../s1. The Kier molecular flexibility index (Phi) is 9.21. The third kappa shape index (κ3) is 6.50. The Bertz CT molecular complexity index is 758. The molecular formula is C19H24Cl2N4O2. The normalized spacial score (nSPS) is 18.0. The molecule has 0 saturated heterocycles. The Morgan fingerprint density at radius 1 is 1.04 bits per heavy atom. The molecule has 3 rings (SSSR count). The van der Waals surface area contributed by atoms with Gasteiger partial charge in [-0.25, -0.2) is 0 Å². The number of carbonyl (C=O) groups is 2. The van der Waals surface area contributed by atoms with Crippen LogP contribution in [0.4, 0.5) is 11.4 Å². The van der Waals surface area contributed by atoms with Gasteiger partial charge in [-0.05, 0) is 49.1 Å². The average molecular weight is 411 g/mol. The van der Waals surface area contributed by atoms with Gasteiger partial charge < -0.3 is 16.4 Å². The Morgan fingerprint density at radius 3 is 2.33 bits per heavy atom. The minimum atomic E-state index is -0.220. The topological polar surface area (TPSA) is 97.1 Å². The van der Waals surface area contributed by atoms with Crippen molar-refractivity contribution in [2.75, 3.05) is 10.6 Å². The fourth-order valence-corrected chi connectivity index (χ4v) is 3.15. The minimum absolute atomic E-state index is 0. The molecule has 1 fully saturated rings. The number of nitrogens with zero attached hydrogens (tertiary/aromatic N) is 1. The molecule has 1 aliphatic rings. The second-order valence-corrected chi connectivity index (χ2v) is 6.38. The van der Waals surface area contributed by atoms with Crippen LogP contribution >= 0.6 is 24.8 Å². The van der Waals surface area contributed by atoms with Crippen LogP contribution in [-0.4, -0.2) is 22.8 Å². The number of amides is 2. The van der Waals surface area contributed by atoms with Crippen LogP contribution in [0.5, 0.6) is 0 Å². The van der Waals surface area contributed by atoms with Crippen LogP contribution in [-0.2, 0) is 4.79 Å². The number of hydrogen-bond donors (Lipinski definition) is 3. The molecule has 2 aromatic rings. The Hall–Kier alpha value is -2.15. The Morgan fingerprint density at radius 2 is 1.70 bits per heavy atom. The lowest BCUT2D eigenvalue weighted by Crippen LogP contribution is -2.28. The van der Waals surface area contributed by atoms with Gasteiger partial charge in [0.1, 0.15) is 0 Å². The van der Waals surface area contributed by atoms with Gasteiger partial charge in [-0.1, -0.05) is 12.5 Å². The summed E-state index contributed by atoms with van der Waals surface area (Å²) in [5, 5.41) is 5.70. The number of halogens is 2. The highest BCUT2D eigenvalue weighted by atomic mass is 35.5. The zero-order valence-electron chi connectivity index (χ0n) is 14.8. The SMILES string of the molecule is Cl.Cl.N[C@@H]1CCC[C@H]1CC(=O)Nc1cccc(NC(=O)c2ccncc2)c1. The summed E-state index contributed by atoms with van der Waals surface area (Å²) in [4.78, 5) is 28.3. The second-order valence-electron chi connectivity index (χ2n) is 6.38. The zero-order valence-corrected chi connectivity index (χ0v) is 16.4. The lowest BCUT2D eigenvalue weighted by molar-refractivity contribution is -0.117. The second kappa shape index (κ2) is 10.9. The van der Waals surface area contributed by atoms with E-state index in [1.54, 1.807) is 48.8 Å². The first-order valence-corrected chi connectivity index (χ1v) is 8.48. The number of carbonyl (C=O) groups excluding carboxylic acids is 2. The van der Waals surface area contributed by atoms with Crippen molar-refractivity contribution in [1.29, 1.82) is 0 Å². The summed E-state index contributed by atoms with van der Waals surface area (Å²) in [6.45, 7) is 0. The third-order valence-electron chi connectivity index (χ3n) is 4.51. The summed E-state index contributed by atoms with van der Waals surface area (Å²) < 4.78 is 0. The summed E-state index contributed by atoms with van der Waals surface area (Å²) in [7, 11) is 0. The quantitative estimate of drug-likeness (QED) is 0.700. The van der Waals surface area contributed by atoms with E-state index in [2.05, 4.69) is 15.6 Å². The van der Waals surface area contributed by atoms with Gasteiger partial charge >= 0.3 is 0 Å². The Balaban J connectivity index is 0.00000182. The molecule has 27 heavy (non-hydrogen) atoms. The molecule has 4 N–H and O–H groups in total. The number of benzene rings is 1. The van der Waals surface area contributed by atoms with Crippen LogP contribution in [0.15, 0.2) is 48.8 Å². The van der Waals surface area contributed by atoms with E-state index < -0.39 is 0 Å². The monoisotopic (exact) mass is 410 g/mol. The molecule has 0 bridgehead atoms. The van der Waals surface area contributed by atoms with Gasteiger partial charge in [-0.2, -0.15) is 0 Å². The first-order valence-electron chi connectivity index (χ1n) is 8.48. The van der Waals surface area contributed by atoms with Gasteiger partial charge in [0.05, 0.1) is 0 Å². The van der Waals surface area contributed by atoms with E-state index in [0.717, 1.165) is 19.3 Å². The molecule has 2 atom stereocenters. The van der Waals surface area contributed by atoms with Gasteiger partial charge in [0.15, 0.2) is 0 Å². The first kappa shape index (κ1) is 22.9.